The van der Waals surface area contributed by atoms with E-state index in [9.17, 15) is 0 Å². The second kappa shape index (κ2) is 6.70. The summed E-state index contributed by atoms with van der Waals surface area (Å²) in [5.41, 5.74) is 5.71. The fourth-order valence-electron chi connectivity index (χ4n) is 2.47. The second-order valence-electron chi connectivity index (χ2n) is 4.41. The topological polar surface area (TPSA) is 71.1 Å². The van der Waals surface area contributed by atoms with Crippen LogP contribution in [0.4, 0.5) is 0 Å². The lowest BCUT2D eigenvalue weighted by Gasteiger charge is -2.37. The standard InChI is InChI=1S/C11H23N3O2/c1-3-10(11(12)13-15)14-6-4-5-9(7-14)8-16-2/h9-10,15H,3-8H2,1-2H3,(H2,12,13). The molecule has 3 N–H and O–H groups in total. The van der Waals surface area contributed by atoms with Crippen molar-refractivity contribution in [2.24, 2.45) is 16.8 Å². The minimum absolute atomic E-state index is 0.0599. The Morgan fingerprint density at radius 2 is 2.44 bits per heavy atom. The van der Waals surface area contributed by atoms with Crippen LogP contribution in [0.1, 0.15) is 26.2 Å². The van der Waals surface area contributed by atoms with E-state index in [1.165, 1.54) is 6.42 Å². The van der Waals surface area contributed by atoms with Gasteiger partial charge in [0.05, 0.1) is 12.6 Å². The first-order valence-electron chi connectivity index (χ1n) is 5.93. The predicted octanol–water partition coefficient (Wildman–Crippen LogP) is 0.870. The fraction of sp³-hybridized carbons (Fsp3) is 0.909. The number of nitrogens with two attached hydrogens (primary N) is 1. The van der Waals surface area contributed by atoms with Gasteiger partial charge in [-0.1, -0.05) is 12.1 Å². The first-order chi connectivity index (χ1) is 7.72. The van der Waals surface area contributed by atoms with Gasteiger partial charge in [0.25, 0.3) is 0 Å². The average molecular weight is 229 g/mol. The van der Waals surface area contributed by atoms with Crippen molar-refractivity contribution in [1.82, 2.24) is 4.90 Å². The van der Waals surface area contributed by atoms with E-state index in [0.717, 1.165) is 32.5 Å². The van der Waals surface area contributed by atoms with Crippen LogP contribution in [-0.2, 0) is 4.74 Å². The summed E-state index contributed by atoms with van der Waals surface area (Å²) < 4.78 is 5.19. The van der Waals surface area contributed by atoms with Crippen molar-refractivity contribution in [1.29, 1.82) is 0 Å². The smallest absolute Gasteiger partial charge is 0.156 e. The molecule has 1 saturated heterocycles. The lowest BCUT2D eigenvalue weighted by molar-refractivity contribution is 0.0802. The number of methoxy groups -OCH3 is 1. The molecule has 0 radical (unpaired) electrons. The summed E-state index contributed by atoms with van der Waals surface area (Å²) >= 11 is 0. The normalized spacial score (nSPS) is 25.6. The maximum absolute atomic E-state index is 8.75. The van der Waals surface area contributed by atoms with Gasteiger partial charge in [-0.15, -0.1) is 0 Å². The summed E-state index contributed by atoms with van der Waals surface area (Å²) in [6.07, 6.45) is 3.23. The molecule has 0 aliphatic carbocycles. The molecule has 5 heteroatoms. The lowest BCUT2D eigenvalue weighted by atomic mass is 9.96. The van der Waals surface area contributed by atoms with Crippen molar-refractivity contribution in [2.75, 3.05) is 26.8 Å². The molecule has 0 bridgehead atoms. The van der Waals surface area contributed by atoms with Crippen LogP contribution in [0.25, 0.3) is 0 Å². The molecule has 0 aromatic rings. The van der Waals surface area contributed by atoms with Gasteiger partial charge in [-0.05, 0) is 31.7 Å². The molecule has 16 heavy (non-hydrogen) atoms. The number of piperidine rings is 1. The summed E-state index contributed by atoms with van der Waals surface area (Å²) in [5.74, 6) is 0.889. The van der Waals surface area contributed by atoms with Gasteiger partial charge in [-0.2, -0.15) is 0 Å². The van der Waals surface area contributed by atoms with Crippen molar-refractivity contribution < 1.29 is 9.94 Å². The molecule has 0 aromatic heterocycles. The molecule has 2 atom stereocenters. The SMILES string of the molecule is CCC(C(N)=NO)N1CCCC(COC)C1. The van der Waals surface area contributed by atoms with Crippen molar-refractivity contribution in [3.05, 3.63) is 0 Å². The van der Waals surface area contributed by atoms with Crippen LogP contribution in [0.3, 0.4) is 0 Å². The van der Waals surface area contributed by atoms with Crippen LogP contribution in [-0.4, -0.2) is 48.8 Å². The molecular weight excluding hydrogens is 206 g/mol. The molecule has 0 spiro atoms. The molecule has 1 aliphatic rings. The number of hydrogen-bond acceptors (Lipinski definition) is 4. The summed E-state index contributed by atoms with van der Waals surface area (Å²) in [7, 11) is 1.74. The van der Waals surface area contributed by atoms with Gasteiger partial charge in [0.1, 0.15) is 0 Å². The predicted molar refractivity (Wildman–Crippen MR) is 63.7 cm³/mol. The van der Waals surface area contributed by atoms with E-state index in [2.05, 4.69) is 17.0 Å². The molecular formula is C11H23N3O2. The Kier molecular flexibility index (Phi) is 5.55. The molecule has 0 saturated carbocycles. The lowest BCUT2D eigenvalue weighted by Crippen LogP contribution is -2.49. The number of oxime groups is 1. The third-order valence-corrected chi connectivity index (χ3v) is 3.24. The maximum Gasteiger partial charge on any atom is 0.156 e. The third kappa shape index (κ3) is 3.35. The highest BCUT2D eigenvalue weighted by Gasteiger charge is 2.27. The Hall–Kier alpha value is -0.810. The first-order valence-corrected chi connectivity index (χ1v) is 5.93. The second-order valence-corrected chi connectivity index (χ2v) is 4.41. The van der Waals surface area contributed by atoms with Crippen LogP contribution < -0.4 is 5.73 Å². The van der Waals surface area contributed by atoms with E-state index in [1.807, 2.05) is 0 Å². The van der Waals surface area contributed by atoms with E-state index in [1.54, 1.807) is 7.11 Å². The van der Waals surface area contributed by atoms with Gasteiger partial charge < -0.3 is 15.7 Å². The van der Waals surface area contributed by atoms with Gasteiger partial charge in [0, 0.05) is 13.7 Å². The summed E-state index contributed by atoms with van der Waals surface area (Å²) in [4.78, 5) is 2.29. The Balaban J connectivity index is 2.57. The maximum atomic E-state index is 8.75. The van der Waals surface area contributed by atoms with Gasteiger partial charge in [-0.25, -0.2) is 0 Å². The number of rotatable bonds is 5. The van der Waals surface area contributed by atoms with E-state index < -0.39 is 0 Å². The fourth-order valence-corrected chi connectivity index (χ4v) is 2.47. The highest BCUT2D eigenvalue weighted by molar-refractivity contribution is 5.85. The van der Waals surface area contributed by atoms with Gasteiger partial charge in [0.2, 0.25) is 0 Å². The van der Waals surface area contributed by atoms with Crippen LogP contribution in [0.15, 0.2) is 5.16 Å². The highest BCUT2D eigenvalue weighted by atomic mass is 16.5. The van der Waals surface area contributed by atoms with Crippen LogP contribution in [0.2, 0.25) is 0 Å². The van der Waals surface area contributed by atoms with E-state index in [0.29, 0.717) is 11.8 Å². The van der Waals surface area contributed by atoms with Crippen LogP contribution >= 0.6 is 0 Å². The highest BCUT2D eigenvalue weighted by Crippen LogP contribution is 2.20. The number of ether oxygens (including phenoxy) is 1. The Morgan fingerprint density at radius 1 is 1.69 bits per heavy atom. The average Bonchev–Trinajstić information content (AvgIpc) is 2.31. The van der Waals surface area contributed by atoms with E-state index in [-0.39, 0.29) is 6.04 Å². The number of amidine groups is 1. The molecule has 0 amide bonds. The Bertz CT molecular complexity index is 231. The van der Waals surface area contributed by atoms with Crippen molar-refractivity contribution in [3.8, 4) is 0 Å². The van der Waals surface area contributed by atoms with Gasteiger partial charge >= 0.3 is 0 Å². The molecule has 1 fully saturated rings. The molecule has 5 nitrogen and oxygen atoms in total. The molecule has 1 rings (SSSR count). The largest absolute Gasteiger partial charge is 0.409 e. The van der Waals surface area contributed by atoms with Crippen molar-refractivity contribution in [3.63, 3.8) is 0 Å². The minimum atomic E-state index is 0.0599. The number of hydrogen-bond donors (Lipinski definition) is 2. The van der Waals surface area contributed by atoms with Crippen molar-refractivity contribution in [2.45, 2.75) is 32.2 Å². The summed E-state index contributed by atoms with van der Waals surface area (Å²) in [6, 6.07) is 0.0599. The van der Waals surface area contributed by atoms with E-state index in [4.69, 9.17) is 15.7 Å². The molecule has 1 aliphatic heterocycles. The van der Waals surface area contributed by atoms with Gasteiger partial charge in [0.15, 0.2) is 5.84 Å². The zero-order valence-corrected chi connectivity index (χ0v) is 10.2. The number of likely N-dealkylation sites (tertiary alicyclic amines) is 1. The molecule has 2 unspecified atom stereocenters. The third-order valence-electron chi connectivity index (χ3n) is 3.24. The molecule has 1 heterocycles. The zero-order chi connectivity index (χ0) is 12.0. The van der Waals surface area contributed by atoms with E-state index >= 15 is 0 Å². The van der Waals surface area contributed by atoms with Crippen LogP contribution in [0, 0.1) is 5.92 Å². The summed E-state index contributed by atoms with van der Waals surface area (Å²) in [6.45, 7) is 4.85. The monoisotopic (exact) mass is 229 g/mol. The van der Waals surface area contributed by atoms with Crippen LogP contribution in [0.5, 0.6) is 0 Å². The van der Waals surface area contributed by atoms with Gasteiger partial charge in [-0.3, -0.25) is 4.90 Å². The first kappa shape index (κ1) is 13.3. The summed E-state index contributed by atoms with van der Waals surface area (Å²) in [5, 5.41) is 11.9. The Labute approximate surface area is 97.2 Å². The Morgan fingerprint density at radius 3 is 3.00 bits per heavy atom. The molecule has 94 valence electrons. The molecule has 0 aromatic carbocycles. The van der Waals surface area contributed by atoms with Crippen molar-refractivity contribution >= 4 is 5.84 Å². The minimum Gasteiger partial charge on any atom is -0.409 e. The quantitative estimate of drug-likeness (QED) is 0.317. The number of nitrogens with zero attached hydrogens (tertiary/aromatic N) is 2. The zero-order valence-electron chi connectivity index (χ0n) is 10.2.